The molecule has 1 aromatic heterocycles. The van der Waals surface area contributed by atoms with E-state index in [2.05, 4.69) is 5.32 Å². The molecule has 0 saturated carbocycles. The fraction of sp³-hybridized carbons (Fsp3) is 0.455. The van der Waals surface area contributed by atoms with Gasteiger partial charge in [-0.05, 0) is 12.5 Å². The third-order valence-corrected chi connectivity index (χ3v) is 2.79. The van der Waals surface area contributed by atoms with Crippen molar-refractivity contribution in [3.05, 3.63) is 28.2 Å². The highest BCUT2D eigenvalue weighted by Crippen LogP contribution is 2.29. The molecule has 0 bridgehead atoms. The third-order valence-electron chi connectivity index (χ3n) is 2.79. The number of hydrogen-bond acceptors (Lipinski definition) is 3. The summed E-state index contributed by atoms with van der Waals surface area (Å²) in [6.45, 7) is 0.639. The molecular formula is C11H11F3N2O3. The number of aromatic nitrogens is 1. The Balaban J connectivity index is 2.19. The summed E-state index contributed by atoms with van der Waals surface area (Å²) in [5.74, 6) is -0.948. The zero-order valence-electron chi connectivity index (χ0n) is 9.71. The Labute approximate surface area is 105 Å². The number of ether oxygens (including phenoxy) is 1. The Bertz CT molecular complexity index is 533. The van der Waals surface area contributed by atoms with Crippen molar-refractivity contribution in [1.29, 1.82) is 0 Å². The summed E-state index contributed by atoms with van der Waals surface area (Å²) in [5, 5.41) is 2.20. The summed E-state index contributed by atoms with van der Waals surface area (Å²) < 4.78 is 42.4. The van der Waals surface area contributed by atoms with Crippen LogP contribution in [0.15, 0.2) is 17.1 Å². The lowest BCUT2D eigenvalue weighted by Crippen LogP contribution is -2.27. The van der Waals surface area contributed by atoms with Gasteiger partial charge < -0.3 is 15.0 Å². The van der Waals surface area contributed by atoms with Crippen LogP contribution < -0.4 is 10.9 Å². The average molecular weight is 276 g/mol. The van der Waals surface area contributed by atoms with Crippen molar-refractivity contribution in [2.45, 2.75) is 12.6 Å². The van der Waals surface area contributed by atoms with Gasteiger partial charge in [0.2, 0.25) is 5.91 Å². The minimum Gasteiger partial charge on any atom is -0.381 e. The van der Waals surface area contributed by atoms with Crippen molar-refractivity contribution in [1.82, 2.24) is 4.98 Å². The summed E-state index contributed by atoms with van der Waals surface area (Å²) in [6, 6.07) is 0.618. The van der Waals surface area contributed by atoms with Crippen LogP contribution in [0.1, 0.15) is 12.0 Å². The van der Waals surface area contributed by atoms with Gasteiger partial charge in [-0.3, -0.25) is 9.59 Å². The molecule has 5 nitrogen and oxygen atoms in total. The molecule has 1 unspecified atom stereocenters. The number of hydrogen-bond donors (Lipinski definition) is 2. The maximum absolute atomic E-state index is 12.5. The zero-order chi connectivity index (χ0) is 14.0. The first-order valence-electron chi connectivity index (χ1n) is 5.56. The molecule has 0 spiro atoms. The normalized spacial score (nSPS) is 19.4. The van der Waals surface area contributed by atoms with Gasteiger partial charge in [-0.2, -0.15) is 13.2 Å². The number of aromatic amines is 1. The number of carbonyl (C=O) groups is 1. The Morgan fingerprint density at radius 1 is 1.47 bits per heavy atom. The Kier molecular flexibility index (Phi) is 3.61. The number of carbonyl (C=O) groups excluding carboxylic acids is 1. The number of halogens is 3. The molecule has 19 heavy (non-hydrogen) atoms. The minimum atomic E-state index is -4.58. The highest BCUT2D eigenvalue weighted by Gasteiger charge is 2.32. The van der Waals surface area contributed by atoms with Crippen LogP contribution in [-0.2, 0) is 15.7 Å². The monoisotopic (exact) mass is 276 g/mol. The molecule has 104 valence electrons. The van der Waals surface area contributed by atoms with E-state index in [4.69, 9.17) is 4.74 Å². The highest BCUT2D eigenvalue weighted by molar-refractivity contribution is 5.92. The smallest absolute Gasteiger partial charge is 0.381 e. The molecule has 2 rings (SSSR count). The number of pyridine rings is 1. The first-order chi connectivity index (χ1) is 8.88. The SMILES string of the molecule is O=C(Nc1cc(C(F)(F)F)c[nH]c1=O)C1CCOC1. The number of H-pyrrole nitrogens is 1. The molecule has 2 heterocycles. The zero-order valence-corrected chi connectivity index (χ0v) is 9.71. The van der Waals surface area contributed by atoms with Gasteiger partial charge in [-0.1, -0.05) is 0 Å². The number of nitrogens with one attached hydrogen (secondary N) is 2. The van der Waals surface area contributed by atoms with Crippen LogP contribution in [0.3, 0.4) is 0 Å². The molecule has 1 saturated heterocycles. The predicted octanol–water partition coefficient (Wildman–Crippen LogP) is 1.37. The van der Waals surface area contributed by atoms with E-state index in [1.54, 1.807) is 0 Å². The van der Waals surface area contributed by atoms with Crippen LogP contribution in [0.25, 0.3) is 0 Å². The Hall–Kier alpha value is -1.83. The maximum atomic E-state index is 12.5. The van der Waals surface area contributed by atoms with Crippen LogP contribution >= 0.6 is 0 Å². The fourth-order valence-corrected chi connectivity index (χ4v) is 1.72. The standard InChI is InChI=1S/C11H11F3N2O3/c12-11(13,14)7-3-8(10(18)15-4-7)16-9(17)6-1-2-19-5-6/h3-4,6H,1-2,5H2,(H,15,18)(H,16,17). The summed E-state index contributed by atoms with van der Waals surface area (Å²) in [7, 11) is 0. The Morgan fingerprint density at radius 3 is 2.79 bits per heavy atom. The molecule has 0 aromatic carbocycles. The van der Waals surface area contributed by atoms with Gasteiger partial charge in [0.1, 0.15) is 5.69 Å². The fourth-order valence-electron chi connectivity index (χ4n) is 1.72. The lowest BCUT2D eigenvalue weighted by Gasteiger charge is -2.11. The number of alkyl halides is 3. The topological polar surface area (TPSA) is 71.2 Å². The van der Waals surface area contributed by atoms with Crippen LogP contribution in [0.2, 0.25) is 0 Å². The van der Waals surface area contributed by atoms with Crippen LogP contribution in [0.5, 0.6) is 0 Å². The van der Waals surface area contributed by atoms with E-state index in [0.717, 1.165) is 0 Å². The van der Waals surface area contributed by atoms with Gasteiger partial charge in [-0.15, -0.1) is 0 Å². The van der Waals surface area contributed by atoms with Crippen molar-refractivity contribution in [2.24, 2.45) is 5.92 Å². The van der Waals surface area contributed by atoms with Crippen LogP contribution in [0, 0.1) is 5.92 Å². The molecule has 0 aliphatic carbocycles. The number of anilines is 1. The Morgan fingerprint density at radius 2 is 2.21 bits per heavy atom. The molecule has 8 heteroatoms. The summed E-state index contributed by atoms with van der Waals surface area (Å²) in [4.78, 5) is 25.0. The van der Waals surface area contributed by atoms with E-state index in [1.165, 1.54) is 0 Å². The summed E-state index contributed by atoms with van der Waals surface area (Å²) in [6.07, 6.45) is -3.53. The van der Waals surface area contributed by atoms with Crippen molar-refractivity contribution in [2.75, 3.05) is 18.5 Å². The first-order valence-corrected chi connectivity index (χ1v) is 5.56. The highest BCUT2D eigenvalue weighted by atomic mass is 19.4. The number of amides is 1. The van der Waals surface area contributed by atoms with Gasteiger partial charge in [0.15, 0.2) is 0 Å². The second-order valence-corrected chi connectivity index (χ2v) is 4.18. The van der Waals surface area contributed by atoms with E-state index in [0.29, 0.717) is 25.3 Å². The van der Waals surface area contributed by atoms with Crippen molar-refractivity contribution < 1.29 is 22.7 Å². The molecule has 1 aliphatic rings. The first kappa shape index (κ1) is 13.6. The van der Waals surface area contributed by atoms with Crippen molar-refractivity contribution in [3.8, 4) is 0 Å². The van der Waals surface area contributed by atoms with Crippen LogP contribution in [-0.4, -0.2) is 24.1 Å². The van der Waals surface area contributed by atoms with E-state index in [1.807, 2.05) is 4.98 Å². The largest absolute Gasteiger partial charge is 0.417 e. The molecule has 2 N–H and O–H groups in total. The second-order valence-electron chi connectivity index (χ2n) is 4.18. The molecule has 1 amide bonds. The van der Waals surface area contributed by atoms with Crippen molar-refractivity contribution in [3.63, 3.8) is 0 Å². The molecule has 1 atom stereocenters. The molecular weight excluding hydrogens is 265 g/mol. The van der Waals surface area contributed by atoms with Gasteiger partial charge in [0, 0.05) is 12.8 Å². The van der Waals surface area contributed by atoms with E-state index >= 15 is 0 Å². The van der Waals surface area contributed by atoms with Gasteiger partial charge in [0.05, 0.1) is 18.1 Å². The van der Waals surface area contributed by atoms with E-state index in [-0.39, 0.29) is 6.61 Å². The minimum absolute atomic E-state index is 0.211. The predicted molar refractivity (Wildman–Crippen MR) is 59.6 cm³/mol. The van der Waals surface area contributed by atoms with Crippen LogP contribution in [0.4, 0.5) is 18.9 Å². The van der Waals surface area contributed by atoms with Crippen molar-refractivity contribution >= 4 is 11.6 Å². The lowest BCUT2D eigenvalue weighted by molar-refractivity contribution is -0.137. The van der Waals surface area contributed by atoms with E-state index < -0.39 is 34.8 Å². The quantitative estimate of drug-likeness (QED) is 0.857. The number of rotatable bonds is 2. The maximum Gasteiger partial charge on any atom is 0.417 e. The van der Waals surface area contributed by atoms with Gasteiger partial charge in [0.25, 0.3) is 5.56 Å². The van der Waals surface area contributed by atoms with E-state index in [9.17, 15) is 22.8 Å². The molecule has 1 aromatic rings. The molecule has 1 aliphatic heterocycles. The van der Waals surface area contributed by atoms with Gasteiger partial charge in [-0.25, -0.2) is 0 Å². The third kappa shape index (κ3) is 3.14. The lowest BCUT2D eigenvalue weighted by atomic mass is 10.1. The average Bonchev–Trinajstić information content (AvgIpc) is 2.84. The second kappa shape index (κ2) is 5.04. The molecule has 0 radical (unpaired) electrons. The van der Waals surface area contributed by atoms with Gasteiger partial charge >= 0.3 is 6.18 Å². The molecule has 1 fully saturated rings. The summed E-state index contributed by atoms with van der Waals surface area (Å²) >= 11 is 0. The summed E-state index contributed by atoms with van der Waals surface area (Å²) in [5.41, 5.74) is -2.21.